The number of rotatable bonds is 5. The second kappa shape index (κ2) is 6.63. The first-order valence-corrected chi connectivity index (χ1v) is 9.28. The van der Waals surface area contributed by atoms with Gasteiger partial charge in [0.15, 0.2) is 34.3 Å². The van der Waals surface area contributed by atoms with Gasteiger partial charge in [-0.2, -0.15) is 0 Å². The number of para-hydroxylation sites is 1. The van der Waals surface area contributed by atoms with E-state index in [1.807, 2.05) is 18.2 Å². The van der Waals surface area contributed by atoms with Crippen molar-refractivity contribution in [1.82, 2.24) is 19.9 Å². The molecule has 5 rings (SSSR count). The van der Waals surface area contributed by atoms with E-state index in [2.05, 4.69) is 24.8 Å². The maximum atomic E-state index is 11.6. The molecule has 3 aromatic heterocycles. The largest absolute Gasteiger partial charge is 0.488 e. The predicted octanol–water partition coefficient (Wildman–Crippen LogP) is 3.35. The van der Waals surface area contributed by atoms with Gasteiger partial charge in [0.2, 0.25) is 0 Å². The zero-order chi connectivity index (χ0) is 19.1. The monoisotopic (exact) mass is 377 g/mol. The van der Waals surface area contributed by atoms with Crippen LogP contribution in [0.15, 0.2) is 41.3 Å². The number of hydrogen-bond donors (Lipinski definition) is 1. The molecule has 1 N–H and O–H groups in total. The molecule has 1 aliphatic heterocycles. The first-order chi connectivity index (χ1) is 13.7. The molecule has 1 atom stereocenters. The summed E-state index contributed by atoms with van der Waals surface area (Å²) in [4.78, 5) is 29.9. The maximum absolute atomic E-state index is 11.6. The highest BCUT2D eigenvalue weighted by Crippen LogP contribution is 2.31. The molecular formula is C20H19N5O3. The first-order valence-electron chi connectivity index (χ1n) is 9.28. The van der Waals surface area contributed by atoms with Crippen LogP contribution in [-0.2, 0) is 0 Å². The number of aromatic amines is 1. The van der Waals surface area contributed by atoms with Gasteiger partial charge in [0.05, 0.1) is 12.4 Å². The average Bonchev–Trinajstić information content (AvgIpc) is 3.44. The topological polar surface area (TPSA) is 97.1 Å². The van der Waals surface area contributed by atoms with Crippen LogP contribution < -0.4 is 9.64 Å². The molecule has 1 unspecified atom stereocenters. The van der Waals surface area contributed by atoms with Crippen LogP contribution in [0.5, 0.6) is 5.75 Å². The molecule has 0 saturated carbocycles. The molecule has 8 heteroatoms. The fraction of sp³-hybridized carbons (Fsp3) is 0.300. The zero-order valence-electron chi connectivity index (χ0n) is 15.4. The smallest absolute Gasteiger partial charge is 0.194 e. The van der Waals surface area contributed by atoms with Gasteiger partial charge in [-0.05, 0) is 25.0 Å². The van der Waals surface area contributed by atoms with E-state index >= 15 is 0 Å². The Morgan fingerprint density at radius 3 is 3.18 bits per heavy atom. The van der Waals surface area contributed by atoms with E-state index in [1.165, 1.54) is 6.92 Å². The van der Waals surface area contributed by atoms with Crippen molar-refractivity contribution in [3.05, 3.63) is 42.7 Å². The lowest BCUT2D eigenvalue weighted by atomic mass is 10.2. The van der Waals surface area contributed by atoms with Gasteiger partial charge < -0.3 is 19.0 Å². The third kappa shape index (κ3) is 2.77. The molecule has 0 aliphatic carbocycles. The van der Waals surface area contributed by atoms with E-state index in [9.17, 15) is 4.79 Å². The molecule has 28 heavy (non-hydrogen) atoms. The third-order valence-electron chi connectivity index (χ3n) is 5.14. The van der Waals surface area contributed by atoms with Crippen molar-refractivity contribution in [2.24, 2.45) is 0 Å². The van der Waals surface area contributed by atoms with Gasteiger partial charge in [-0.3, -0.25) is 4.79 Å². The van der Waals surface area contributed by atoms with Crippen LogP contribution in [0.1, 0.15) is 30.3 Å². The molecular weight excluding hydrogens is 358 g/mol. The first kappa shape index (κ1) is 16.7. The quantitative estimate of drug-likeness (QED) is 0.533. The number of anilines is 1. The van der Waals surface area contributed by atoms with Gasteiger partial charge in [-0.1, -0.05) is 12.1 Å². The number of furan rings is 1. The third-order valence-corrected chi connectivity index (χ3v) is 5.14. The van der Waals surface area contributed by atoms with Crippen molar-refractivity contribution in [2.75, 3.05) is 18.1 Å². The van der Waals surface area contributed by atoms with E-state index in [1.54, 1.807) is 18.7 Å². The van der Waals surface area contributed by atoms with E-state index in [0.29, 0.717) is 29.3 Å². The molecule has 1 aliphatic rings. The fourth-order valence-electron chi connectivity index (χ4n) is 3.77. The number of nitrogens with zero attached hydrogens (tertiary/aromatic N) is 4. The number of nitrogens with one attached hydrogen (secondary N) is 1. The number of ether oxygens (including phenoxy) is 1. The number of fused-ring (bicyclic) bond motifs is 2. The summed E-state index contributed by atoms with van der Waals surface area (Å²) in [6.07, 6.45) is 5.25. The number of H-pyrrole nitrogens is 1. The maximum Gasteiger partial charge on any atom is 0.194 e. The van der Waals surface area contributed by atoms with Crippen LogP contribution in [0.3, 0.4) is 0 Å². The summed E-state index contributed by atoms with van der Waals surface area (Å²) in [5.41, 5.74) is 2.11. The van der Waals surface area contributed by atoms with Gasteiger partial charge in [-0.15, -0.1) is 0 Å². The predicted molar refractivity (Wildman–Crippen MR) is 104 cm³/mol. The second-order valence-corrected chi connectivity index (χ2v) is 6.94. The molecule has 1 aromatic carbocycles. The zero-order valence-corrected chi connectivity index (χ0v) is 15.4. The highest BCUT2D eigenvalue weighted by Gasteiger charge is 2.28. The SMILES string of the molecule is CC(=O)c1cc2cccc(OCC3CCCN3c3ncnc4nc[nH]c34)c2o1. The lowest BCUT2D eigenvalue weighted by Gasteiger charge is -2.25. The summed E-state index contributed by atoms with van der Waals surface area (Å²) in [6, 6.07) is 7.62. The Hall–Kier alpha value is -3.42. The fourth-order valence-corrected chi connectivity index (χ4v) is 3.77. The van der Waals surface area contributed by atoms with Crippen LogP contribution in [0, 0.1) is 0 Å². The van der Waals surface area contributed by atoms with E-state index in [-0.39, 0.29) is 11.8 Å². The Bertz CT molecular complexity index is 1170. The minimum atomic E-state index is -0.101. The molecule has 8 nitrogen and oxygen atoms in total. The van der Waals surface area contributed by atoms with Crippen molar-refractivity contribution in [3.63, 3.8) is 0 Å². The number of aromatic nitrogens is 4. The van der Waals surface area contributed by atoms with Crippen LogP contribution >= 0.6 is 0 Å². The number of carbonyl (C=O) groups is 1. The highest BCUT2D eigenvalue weighted by atomic mass is 16.5. The Labute approximate surface area is 160 Å². The van der Waals surface area contributed by atoms with Crippen LogP contribution in [0.2, 0.25) is 0 Å². The Balaban J connectivity index is 1.40. The van der Waals surface area contributed by atoms with Crippen molar-refractivity contribution >= 4 is 33.7 Å². The minimum absolute atomic E-state index is 0.101. The molecule has 0 radical (unpaired) electrons. The number of hydrogen-bond acceptors (Lipinski definition) is 7. The van der Waals surface area contributed by atoms with E-state index in [4.69, 9.17) is 9.15 Å². The molecule has 142 valence electrons. The standard InChI is InChI=1S/C20H19N5O3/c1-12(26)16-8-13-4-2-6-15(18(13)28-16)27-9-14-5-3-7-25(14)20-17-19(22-10-21-17)23-11-24-20/h2,4,6,8,10-11,14H,3,5,7,9H2,1H3,(H,21,22,23,24). The highest BCUT2D eigenvalue weighted by molar-refractivity contribution is 5.97. The van der Waals surface area contributed by atoms with Gasteiger partial charge in [0.1, 0.15) is 18.5 Å². The molecule has 4 heterocycles. The van der Waals surface area contributed by atoms with Crippen LogP contribution in [0.25, 0.3) is 22.1 Å². The Morgan fingerprint density at radius 2 is 2.29 bits per heavy atom. The van der Waals surface area contributed by atoms with Gasteiger partial charge in [-0.25, -0.2) is 15.0 Å². The summed E-state index contributed by atoms with van der Waals surface area (Å²) >= 11 is 0. The molecule has 4 aromatic rings. The molecule has 0 amide bonds. The number of ketones is 1. The molecule has 1 fully saturated rings. The van der Waals surface area contributed by atoms with Crippen LogP contribution in [-0.4, -0.2) is 44.9 Å². The molecule has 0 spiro atoms. The second-order valence-electron chi connectivity index (χ2n) is 6.94. The van der Waals surface area contributed by atoms with Gasteiger partial charge >= 0.3 is 0 Å². The van der Waals surface area contributed by atoms with Gasteiger partial charge in [0, 0.05) is 18.9 Å². The van der Waals surface area contributed by atoms with Crippen molar-refractivity contribution in [3.8, 4) is 5.75 Å². The summed E-state index contributed by atoms with van der Waals surface area (Å²) in [7, 11) is 0. The van der Waals surface area contributed by atoms with Crippen molar-refractivity contribution in [1.29, 1.82) is 0 Å². The normalized spacial score (nSPS) is 16.9. The minimum Gasteiger partial charge on any atom is -0.488 e. The summed E-state index contributed by atoms with van der Waals surface area (Å²) in [5, 5.41) is 0.862. The van der Waals surface area contributed by atoms with Crippen LogP contribution in [0.4, 0.5) is 5.82 Å². The number of imidazole rings is 1. The van der Waals surface area contributed by atoms with Crippen molar-refractivity contribution in [2.45, 2.75) is 25.8 Å². The molecule has 1 saturated heterocycles. The number of benzene rings is 1. The lowest BCUT2D eigenvalue weighted by Crippen LogP contribution is -2.35. The lowest BCUT2D eigenvalue weighted by molar-refractivity contribution is 0.0989. The van der Waals surface area contributed by atoms with Crippen molar-refractivity contribution < 1.29 is 13.9 Å². The molecule has 0 bridgehead atoms. The number of carbonyl (C=O) groups excluding carboxylic acids is 1. The van der Waals surface area contributed by atoms with E-state index < -0.39 is 0 Å². The number of Topliss-reactive ketones (excluding diaryl/α,β-unsaturated/α-hetero) is 1. The van der Waals surface area contributed by atoms with Gasteiger partial charge in [0.25, 0.3) is 0 Å². The summed E-state index contributed by atoms with van der Waals surface area (Å²) in [6.45, 7) is 2.89. The Kier molecular flexibility index (Phi) is 3.96. The summed E-state index contributed by atoms with van der Waals surface area (Å²) in [5.74, 6) is 1.74. The van der Waals surface area contributed by atoms with E-state index in [0.717, 1.165) is 36.1 Å². The average molecular weight is 377 g/mol. The summed E-state index contributed by atoms with van der Waals surface area (Å²) < 4.78 is 11.8. The Morgan fingerprint density at radius 1 is 1.36 bits per heavy atom.